The number of hydrogen-bond acceptors (Lipinski definition) is 4. The lowest BCUT2D eigenvalue weighted by Crippen LogP contribution is -2.51. The summed E-state index contributed by atoms with van der Waals surface area (Å²) in [5, 5.41) is 0. The van der Waals surface area contributed by atoms with Crippen LogP contribution in [0.25, 0.3) is 0 Å². The van der Waals surface area contributed by atoms with E-state index >= 15 is 0 Å². The summed E-state index contributed by atoms with van der Waals surface area (Å²) >= 11 is 0. The van der Waals surface area contributed by atoms with Crippen LogP contribution in [-0.4, -0.2) is 48.1 Å². The molecule has 0 saturated carbocycles. The molecule has 5 nitrogen and oxygen atoms in total. The van der Waals surface area contributed by atoms with Gasteiger partial charge in [-0.25, -0.2) is 0 Å². The van der Waals surface area contributed by atoms with Crippen LogP contribution < -0.4 is 5.73 Å². The van der Waals surface area contributed by atoms with E-state index in [2.05, 4.69) is 4.98 Å². The number of carbonyl (C=O) groups excluding carboxylic acids is 1. The molecule has 2 rings (SSSR count). The third-order valence-corrected chi connectivity index (χ3v) is 3.77. The molecule has 1 aromatic heterocycles. The highest BCUT2D eigenvalue weighted by molar-refractivity contribution is 5.95. The van der Waals surface area contributed by atoms with E-state index in [1.165, 1.54) is 0 Å². The van der Waals surface area contributed by atoms with Crippen LogP contribution in [-0.2, 0) is 4.74 Å². The Hall–Kier alpha value is -1.46. The Labute approximate surface area is 113 Å². The highest BCUT2D eigenvalue weighted by Gasteiger charge is 2.31. The topological polar surface area (TPSA) is 68.5 Å². The fourth-order valence-corrected chi connectivity index (χ4v) is 2.58. The second-order valence-corrected chi connectivity index (χ2v) is 4.91. The second kappa shape index (κ2) is 6.12. The molecule has 5 heteroatoms. The summed E-state index contributed by atoms with van der Waals surface area (Å²) < 4.78 is 5.37. The highest BCUT2D eigenvalue weighted by atomic mass is 16.5. The zero-order chi connectivity index (χ0) is 13.8. The van der Waals surface area contributed by atoms with Gasteiger partial charge in [0.2, 0.25) is 0 Å². The fraction of sp³-hybridized carbons (Fsp3) is 0.571. The van der Waals surface area contributed by atoms with Crippen molar-refractivity contribution in [2.24, 2.45) is 5.73 Å². The minimum atomic E-state index is 0.0237. The Balaban J connectivity index is 2.17. The molecule has 0 radical (unpaired) electrons. The lowest BCUT2D eigenvalue weighted by Gasteiger charge is -2.38. The van der Waals surface area contributed by atoms with Crippen LogP contribution in [0.5, 0.6) is 0 Å². The van der Waals surface area contributed by atoms with Crippen molar-refractivity contribution >= 4 is 5.91 Å². The van der Waals surface area contributed by atoms with Gasteiger partial charge in [-0.2, -0.15) is 0 Å². The van der Waals surface area contributed by atoms with Crippen LogP contribution in [0.3, 0.4) is 0 Å². The van der Waals surface area contributed by atoms with E-state index in [4.69, 9.17) is 10.5 Å². The molecule has 2 heterocycles. The third-order valence-electron chi connectivity index (χ3n) is 3.77. The summed E-state index contributed by atoms with van der Waals surface area (Å²) in [4.78, 5) is 18.6. The zero-order valence-electron chi connectivity index (χ0n) is 11.5. The van der Waals surface area contributed by atoms with Crippen molar-refractivity contribution in [2.75, 3.05) is 20.2 Å². The lowest BCUT2D eigenvalue weighted by atomic mass is 9.98. The maximum Gasteiger partial charge on any atom is 0.255 e. The van der Waals surface area contributed by atoms with Gasteiger partial charge >= 0.3 is 0 Å². The van der Waals surface area contributed by atoms with Gasteiger partial charge in [0, 0.05) is 38.1 Å². The Bertz CT molecular complexity index is 450. The van der Waals surface area contributed by atoms with Gasteiger partial charge in [-0.15, -0.1) is 0 Å². The van der Waals surface area contributed by atoms with Crippen molar-refractivity contribution < 1.29 is 9.53 Å². The molecule has 0 aromatic carbocycles. The number of nitrogens with zero attached hydrogens (tertiary/aromatic N) is 2. The van der Waals surface area contributed by atoms with Crippen LogP contribution in [0.15, 0.2) is 18.3 Å². The van der Waals surface area contributed by atoms with E-state index in [1.54, 1.807) is 19.4 Å². The smallest absolute Gasteiger partial charge is 0.255 e. The Morgan fingerprint density at radius 3 is 3.05 bits per heavy atom. The van der Waals surface area contributed by atoms with E-state index in [0.717, 1.165) is 18.5 Å². The van der Waals surface area contributed by atoms with Crippen molar-refractivity contribution in [2.45, 2.75) is 31.9 Å². The minimum absolute atomic E-state index is 0.0237. The lowest BCUT2D eigenvalue weighted by molar-refractivity contribution is 0.0138. The Morgan fingerprint density at radius 2 is 2.42 bits per heavy atom. The molecular formula is C14H21N3O2. The van der Waals surface area contributed by atoms with Crippen molar-refractivity contribution in [3.8, 4) is 0 Å². The van der Waals surface area contributed by atoms with Crippen LogP contribution in [0.4, 0.5) is 0 Å². The zero-order valence-corrected chi connectivity index (χ0v) is 11.5. The Kier molecular flexibility index (Phi) is 4.50. The number of methoxy groups -OCH3 is 1. The average Bonchev–Trinajstić information content (AvgIpc) is 2.46. The predicted octanol–water partition coefficient (Wildman–Crippen LogP) is 0.968. The van der Waals surface area contributed by atoms with E-state index in [0.29, 0.717) is 18.7 Å². The van der Waals surface area contributed by atoms with E-state index in [1.807, 2.05) is 17.9 Å². The molecule has 2 N–H and O–H groups in total. The first-order valence-corrected chi connectivity index (χ1v) is 6.62. The SMILES string of the molecule is COC1CCN(C(=O)c2cccnc2C)C(CN)C1. The minimum Gasteiger partial charge on any atom is -0.381 e. The molecule has 2 unspecified atom stereocenters. The molecule has 0 aliphatic carbocycles. The van der Waals surface area contributed by atoms with Crippen molar-refractivity contribution in [3.63, 3.8) is 0 Å². The molecule has 0 bridgehead atoms. The normalized spacial score (nSPS) is 23.4. The van der Waals surface area contributed by atoms with Gasteiger partial charge in [0.15, 0.2) is 0 Å². The average molecular weight is 263 g/mol. The molecule has 1 saturated heterocycles. The van der Waals surface area contributed by atoms with Gasteiger partial charge in [0.25, 0.3) is 5.91 Å². The first kappa shape index (κ1) is 14.0. The summed E-state index contributed by atoms with van der Waals surface area (Å²) in [6.07, 6.45) is 3.56. The number of hydrogen-bond donors (Lipinski definition) is 1. The molecule has 1 amide bonds. The second-order valence-electron chi connectivity index (χ2n) is 4.91. The van der Waals surface area contributed by atoms with Crippen LogP contribution >= 0.6 is 0 Å². The number of pyridine rings is 1. The summed E-state index contributed by atoms with van der Waals surface area (Å²) in [5.74, 6) is 0.0237. The maximum atomic E-state index is 12.6. The van der Waals surface area contributed by atoms with Crippen molar-refractivity contribution in [3.05, 3.63) is 29.6 Å². The molecule has 104 valence electrons. The standard InChI is InChI=1S/C14H21N3O2/c1-10-13(4-3-6-16-10)14(18)17-7-5-12(19-2)8-11(17)9-15/h3-4,6,11-12H,5,7-9,15H2,1-2H3. The number of rotatable bonds is 3. The molecule has 1 aliphatic rings. The molecule has 0 spiro atoms. The number of carbonyl (C=O) groups is 1. The molecule has 2 atom stereocenters. The molecule has 19 heavy (non-hydrogen) atoms. The van der Waals surface area contributed by atoms with Crippen LogP contribution in [0, 0.1) is 6.92 Å². The number of amides is 1. The number of likely N-dealkylation sites (tertiary alicyclic amines) is 1. The summed E-state index contributed by atoms with van der Waals surface area (Å²) in [6, 6.07) is 3.66. The summed E-state index contributed by atoms with van der Waals surface area (Å²) in [5.41, 5.74) is 7.22. The number of aromatic nitrogens is 1. The van der Waals surface area contributed by atoms with Crippen LogP contribution in [0.1, 0.15) is 28.9 Å². The van der Waals surface area contributed by atoms with Gasteiger partial charge in [-0.3, -0.25) is 9.78 Å². The van der Waals surface area contributed by atoms with E-state index in [9.17, 15) is 4.79 Å². The summed E-state index contributed by atoms with van der Waals surface area (Å²) in [7, 11) is 1.71. The molecule has 1 aromatic rings. The van der Waals surface area contributed by atoms with Gasteiger partial charge in [0.05, 0.1) is 11.7 Å². The fourth-order valence-electron chi connectivity index (χ4n) is 2.58. The molecule has 1 fully saturated rings. The number of ether oxygens (including phenoxy) is 1. The number of nitrogens with two attached hydrogens (primary N) is 1. The number of piperidine rings is 1. The quantitative estimate of drug-likeness (QED) is 0.882. The monoisotopic (exact) mass is 263 g/mol. The van der Waals surface area contributed by atoms with Crippen molar-refractivity contribution in [1.29, 1.82) is 0 Å². The van der Waals surface area contributed by atoms with E-state index < -0.39 is 0 Å². The maximum absolute atomic E-state index is 12.6. The van der Waals surface area contributed by atoms with E-state index in [-0.39, 0.29) is 18.1 Å². The van der Waals surface area contributed by atoms with Crippen LogP contribution in [0.2, 0.25) is 0 Å². The molecule has 1 aliphatic heterocycles. The third kappa shape index (κ3) is 2.93. The number of aryl methyl sites for hydroxylation is 1. The van der Waals surface area contributed by atoms with Crippen molar-refractivity contribution in [1.82, 2.24) is 9.88 Å². The highest BCUT2D eigenvalue weighted by Crippen LogP contribution is 2.21. The molecular weight excluding hydrogens is 242 g/mol. The Morgan fingerprint density at radius 1 is 1.63 bits per heavy atom. The van der Waals surface area contributed by atoms with Gasteiger partial charge in [-0.05, 0) is 31.9 Å². The predicted molar refractivity (Wildman–Crippen MR) is 72.9 cm³/mol. The largest absolute Gasteiger partial charge is 0.381 e. The summed E-state index contributed by atoms with van der Waals surface area (Å²) in [6.45, 7) is 3.01. The first-order valence-electron chi connectivity index (χ1n) is 6.62. The van der Waals surface area contributed by atoms with Gasteiger partial charge < -0.3 is 15.4 Å². The first-order chi connectivity index (χ1) is 9.17. The van der Waals surface area contributed by atoms with Gasteiger partial charge in [-0.1, -0.05) is 0 Å². The van der Waals surface area contributed by atoms with Gasteiger partial charge in [0.1, 0.15) is 0 Å².